The van der Waals surface area contributed by atoms with Crippen molar-refractivity contribution in [3.63, 3.8) is 0 Å². The van der Waals surface area contributed by atoms with Crippen LogP contribution in [0.25, 0.3) is 0 Å². The summed E-state index contributed by atoms with van der Waals surface area (Å²) in [4.78, 5) is 29.7. The third-order valence-corrected chi connectivity index (χ3v) is 6.56. The van der Waals surface area contributed by atoms with E-state index in [2.05, 4.69) is 17.1 Å². The van der Waals surface area contributed by atoms with Crippen molar-refractivity contribution in [2.24, 2.45) is 5.92 Å². The molecule has 2 amide bonds. The molecule has 0 unspecified atom stereocenters. The Morgan fingerprint density at radius 2 is 1.79 bits per heavy atom. The minimum atomic E-state index is -0.0729. The Morgan fingerprint density at radius 1 is 1.11 bits per heavy atom. The number of amides is 2. The molecule has 1 N–H and O–H groups in total. The van der Waals surface area contributed by atoms with Gasteiger partial charge in [0.1, 0.15) is 0 Å². The Hall–Kier alpha value is -1.30. The van der Waals surface area contributed by atoms with Gasteiger partial charge in [0, 0.05) is 38.3 Å². The molecule has 0 bridgehead atoms. The lowest BCUT2D eigenvalue weighted by Gasteiger charge is -2.40. The minimum Gasteiger partial charge on any atom is -0.355 e. The Balaban J connectivity index is 1.63. The number of hydrogen-bond acceptors (Lipinski definition) is 3. The molecule has 3 rings (SSSR count). The number of rotatable bonds is 6. The van der Waals surface area contributed by atoms with E-state index < -0.39 is 0 Å². The molecule has 1 aromatic rings. The van der Waals surface area contributed by atoms with Gasteiger partial charge in [-0.3, -0.25) is 14.5 Å². The first-order valence-electron chi connectivity index (χ1n) is 10.3. The smallest absolute Gasteiger partial charge is 0.253 e. The maximum atomic E-state index is 12.8. The van der Waals surface area contributed by atoms with Gasteiger partial charge in [-0.05, 0) is 43.4 Å². The van der Waals surface area contributed by atoms with Crippen molar-refractivity contribution < 1.29 is 9.59 Å². The van der Waals surface area contributed by atoms with E-state index >= 15 is 0 Å². The fraction of sp³-hybridized carbons (Fsp3) is 0.619. The van der Waals surface area contributed by atoms with Gasteiger partial charge in [0.25, 0.3) is 5.91 Å². The highest BCUT2D eigenvalue weighted by Crippen LogP contribution is 2.31. The predicted octanol–water partition coefficient (Wildman–Crippen LogP) is 3.84. The molecular formula is C21H29Cl2N3O2. The topological polar surface area (TPSA) is 52.7 Å². The summed E-state index contributed by atoms with van der Waals surface area (Å²) >= 11 is 12.0. The molecule has 0 radical (unpaired) electrons. The number of halogens is 2. The monoisotopic (exact) mass is 425 g/mol. The minimum absolute atomic E-state index is 0.0360. The molecule has 2 fully saturated rings. The van der Waals surface area contributed by atoms with E-state index in [-0.39, 0.29) is 17.9 Å². The molecule has 5 nitrogen and oxygen atoms in total. The van der Waals surface area contributed by atoms with E-state index in [0.717, 1.165) is 25.8 Å². The molecule has 154 valence electrons. The molecule has 1 atom stereocenters. The van der Waals surface area contributed by atoms with Crippen molar-refractivity contribution in [3.05, 3.63) is 33.8 Å². The summed E-state index contributed by atoms with van der Waals surface area (Å²) < 4.78 is 0. The maximum absolute atomic E-state index is 12.8. The fourth-order valence-corrected chi connectivity index (χ4v) is 4.62. The van der Waals surface area contributed by atoms with E-state index in [1.807, 2.05) is 4.90 Å². The van der Waals surface area contributed by atoms with E-state index in [1.54, 1.807) is 18.2 Å². The lowest BCUT2D eigenvalue weighted by molar-refractivity contribution is -0.129. The summed E-state index contributed by atoms with van der Waals surface area (Å²) in [5, 5.41) is 3.92. The predicted molar refractivity (Wildman–Crippen MR) is 113 cm³/mol. The standard InChI is InChI=1S/C21H29Cl2N3O2/c1-2-9-24-20(27)19(15-5-3-4-6-15)25-10-12-26(13-11-25)21(28)16-7-8-17(22)18(23)14-16/h7-8,14-15,19H,2-6,9-13H2,1H3,(H,24,27)/t19-/m1/s1. The van der Waals surface area contributed by atoms with Gasteiger partial charge in [-0.15, -0.1) is 0 Å². The summed E-state index contributed by atoms with van der Waals surface area (Å²) in [6.07, 6.45) is 5.59. The second-order valence-electron chi connectivity index (χ2n) is 7.74. The van der Waals surface area contributed by atoms with Gasteiger partial charge in [-0.25, -0.2) is 0 Å². The van der Waals surface area contributed by atoms with Gasteiger partial charge in [0.05, 0.1) is 16.1 Å². The first kappa shape index (κ1) is 21.4. The molecule has 1 aliphatic carbocycles. The van der Waals surface area contributed by atoms with Crippen molar-refractivity contribution >= 4 is 35.0 Å². The van der Waals surface area contributed by atoms with E-state index in [4.69, 9.17) is 23.2 Å². The zero-order chi connectivity index (χ0) is 20.1. The van der Waals surface area contributed by atoms with Gasteiger partial charge >= 0.3 is 0 Å². The van der Waals surface area contributed by atoms with Crippen LogP contribution in [0.3, 0.4) is 0 Å². The van der Waals surface area contributed by atoms with Crippen LogP contribution in [0.15, 0.2) is 18.2 Å². The molecule has 2 aliphatic rings. The first-order valence-corrected chi connectivity index (χ1v) is 11.0. The summed E-state index contributed by atoms with van der Waals surface area (Å²) in [6, 6.07) is 4.92. The van der Waals surface area contributed by atoms with Gasteiger partial charge < -0.3 is 10.2 Å². The number of nitrogens with zero attached hydrogens (tertiary/aromatic N) is 2. The van der Waals surface area contributed by atoms with Crippen molar-refractivity contribution in [3.8, 4) is 0 Å². The van der Waals surface area contributed by atoms with Crippen LogP contribution in [0.1, 0.15) is 49.4 Å². The summed E-state index contributed by atoms with van der Waals surface area (Å²) in [6.45, 7) is 5.45. The zero-order valence-electron chi connectivity index (χ0n) is 16.4. The molecule has 0 spiro atoms. The molecule has 0 aromatic heterocycles. The Morgan fingerprint density at radius 3 is 2.39 bits per heavy atom. The zero-order valence-corrected chi connectivity index (χ0v) is 17.9. The first-order chi connectivity index (χ1) is 13.5. The van der Waals surface area contributed by atoms with Crippen molar-refractivity contribution in [1.29, 1.82) is 0 Å². The second-order valence-corrected chi connectivity index (χ2v) is 8.55. The molecule has 7 heteroatoms. The largest absolute Gasteiger partial charge is 0.355 e. The van der Waals surface area contributed by atoms with Crippen LogP contribution in [0.4, 0.5) is 0 Å². The lowest BCUT2D eigenvalue weighted by atomic mass is 9.95. The Bertz CT molecular complexity index is 699. The average molecular weight is 426 g/mol. The highest BCUT2D eigenvalue weighted by Gasteiger charge is 2.37. The number of hydrogen-bond donors (Lipinski definition) is 1. The van der Waals surface area contributed by atoms with Crippen LogP contribution in [0, 0.1) is 5.92 Å². The number of carbonyl (C=O) groups is 2. The molecule has 28 heavy (non-hydrogen) atoms. The summed E-state index contributed by atoms with van der Waals surface area (Å²) in [5.41, 5.74) is 0.552. The average Bonchev–Trinajstić information content (AvgIpc) is 3.23. The molecule has 1 aromatic carbocycles. The van der Waals surface area contributed by atoms with Crippen LogP contribution in [0.2, 0.25) is 10.0 Å². The normalized spacial score (nSPS) is 19.6. The van der Waals surface area contributed by atoms with Crippen LogP contribution in [-0.2, 0) is 4.79 Å². The van der Waals surface area contributed by atoms with E-state index in [0.29, 0.717) is 47.7 Å². The second kappa shape index (κ2) is 9.95. The third-order valence-electron chi connectivity index (χ3n) is 5.83. The molecular weight excluding hydrogens is 397 g/mol. The van der Waals surface area contributed by atoms with Crippen LogP contribution in [-0.4, -0.2) is 60.4 Å². The van der Waals surface area contributed by atoms with Crippen LogP contribution < -0.4 is 5.32 Å². The van der Waals surface area contributed by atoms with Gasteiger partial charge in [-0.2, -0.15) is 0 Å². The molecule has 1 saturated carbocycles. The van der Waals surface area contributed by atoms with Gasteiger partial charge in [-0.1, -0.05) is 43.0 Å². The van der Waals surface area contributed by atoms with Gasteiger partial charge in [0.2, 0.25) is 5.91 Å². The number of nitrogens with one attached hydrogen (secondary N) is 1. The van der Waals surface area contributed by atoms with Crippen molar-refractivity contribution in [2.45, 2.75) is 45.1 Å². The summed E-state index contributed by atoms with van der Waals surface area (Å²) in [7, 11) is 0. The van der Waals surface area contributed by atoms with E-state index in [1.165, 1.54) is 12.8 Å². The lowest BCUT2D eigenvalue weighted by Crippen LogP contribution is -2.58. The number of carbonyl (C=O) groups excluding carboxylic acids is 2. The number of piperazine rings is 1. The van der Waals surface area contributed by atoms with Crippen molar-refractivity contribution in [2.75, 3.05) is 32.7 Å². The summed E-state index contributed by atoms with van der Waals surface area (Å²) in [5.74, 6) is 0.540. The van der Waals surface area contributed by atoms with Crippen molar-refractivity contribution in [1.82, 2.24) is 15.1 Å². The van der Waals surface area contributed by atoms with Crippen LogP contribution in [0.5, 0.6) is 0 Å². The van der Waals surface area contributed by atoms with E-state index in [9.17, 15) is 9.59 Å². The molecule has 1 aliphatic heterocycles. The molecule has 1 heterocycles. The number of benzene rings is 1. The SMILES string of the molecule is CCCNC(=O)[C@@H](C1CCCC1)N1CCN(C(=O)c2ccc(Cl)c(Cl)c2)CC1. The highest BCUT2D eigenvalue weighted by atomic mass is 35.5. The fourth-order valence-electron chi connectivity index (χ4n) is 4.32. The highest BCUT2D eigenvalue weighted by molar-refractivity contribution is 6.42. The third kappa shape index (κ3) is 5.00. The maximum Gasteiger partial charge on any atom is 0.253 e. The Kier molecular flexibility index (Phi) is 7.61. The van der Waals surface area contributed by atoms with Gasteiger partial charge in [0.15, 0.2) is 0 Å². The van der Waals surface area contributed by atoms with Crippen LogP contribution >= 0.6 is 23.2 Å². The quantitative estimate of drug-likeness (QED) is 0.752. The Labute approximate surface area is 177 Å². The molecule has 1 saturated heterocycles.